The molecule has 158 valence electrons. The van der Waals surface area contributed by atoms with E-state index in [1.54, 1.807) is 24.2 Å². The number of hydrogen-bond donors (Lipinski definition) is 1. The molecular weight excluding hydrogens is 408 g/mol. The molecule has 0 atom stereocenters. The second kappa shape index (κ2) is 7.85. The molecule has 0 aliphatic heterocycles. The zero-order valence-electron chi connectivity index (χ0n) is 17.7. The van der Waals surface area contributed by atoms with Crippen LogP contribution in [0.3, 0.4) is 0 Å². The van der Waals surface area contributed by atoms with Gasteiger partial charge in [0.25, 0.3) is 5.91 Å². The average molecular weight is 433 g/mol. The van der Waals surface area contributed by atoms with Crippen molar-refractivity contribution in [3.8, 4) is 0 Å². The predicted molar refractivity (Wildman–Crippen MR) is 122 cm³/mol. The second-order valence-corrected chi connectivity index (χ2v) is 9.23. The smallest absolute Gasteiger partial charge is 0.256 e. The minimum atomic E-state index is -0.137. The molecule has 3 heterocycles. The van der Waals surface area contributed by atoms with E-state index in [1.807, 2.05) is 52.8 Å². The molecule has 31 heavy (non-hydrogen) atoms. The minimum absolute atomic E-state index is 0.137. The molecule has 7 nitrogen and oxygen atoms in total. The standard InChI is InChI=1S/C23H24N6OS/c1-14(2)29-21-19(13-25-29)18(12-20(27-21)15-4-5-15)22(30)26-16-6-8-17(9-7-16)31-23-24-10-11-28(23)3/h6-15H,4-5H2,1-3H3,(H,26,30). The number of pyridine rings is 1. The van der Waals surface area contributed by atoms with E-state index in [1.165, 1.54) is 0 Å². The van der Waals surface area contributed by atoms with Crippen molar-refractivity contribution in [2.75, 3.05) is 5.32 Å². The lowest BCUT2D eigenvalue weighted by Crippen LogP contribution is -2.14. The molecule has 1 aromatic carbocycles. The lowest BCUT2D eigenvalue weighted by Gasteiger charge is -2.11. The highest BCUT2D eigenvalue weighted by Gasteiger charge is 2.28. The van der Waals surface area contributed by atoms with Crippen molar-refractivity contribution in [2.45, 2.75) is 48.7 Å². The van der Waals surface area contributed by atoms with Crippen molar-refractivity contribution in [3.63, 3.8) is 0 Å². The van der Waals surface area contributed by atoms with E-state index >= 15 is 0 Å². The van der Waals surface area contributed by atoms with Crippen LogP contribution in [0.15, 0.2) is 59.0 Å². The Balaban J connectivity index is 1.40. The Hall–Kier alpha value is -3.13. The van der Waals surface area contributed by atoms with Crippen LogP contribution < -0.4 is 5.32 Å². The van der Waals surface area contributed by atoms with Crippen LogP contribution in [-0.2, 0) is 7.05 Å². The first kappa shape index (κ1) is 19.8. The summed E-state index contributed by atoms with van der Waals surface area (Å²) in [5, 5.41) is 9.23. The number of carbonyl (C=O) groups is 1. The summed E-state index contributed by atoms with van der Waals surface area (Å²) in [6, 6.07) is 9.93. The third-order valence-electron chi connectivity index (χ3n) is 5.41. The number of carbonyl (C=O) groups excluding carboxylic acids is 1. The Morgan fingerprint density at radius 3 is 2.65 bits per heavy atom. The molecule has 1 N–H and O–H groups in total. The molecule has 0 radical (unpaired) electrons. The highest BCUT2D eigenvalue weighted by molar-refractivity contribution is 7.99. The van der Waals surface area contributed by atoms with Gasteiger partial charge in [0.05, 0.1) is 17.1 Å². The summed E-state index contributed by atoms with van der Waals surface area (Å²) in [5.41, 5.74) is 3.15. The Labute approximate surface area is 184 Å². The first-order chi connectivity index (χ1) is 15.0. The van der Waals surface area contributed by atoms with Crippen LogP contribution >= 0.6 is 11.8 Å². The van der Waals surface area contributed by atoms with Crippen LogP contribution in [-0.4, -0.2) is 30.2 Å². The number of aromatic nitrogens is 5. The fraction of sp³-hybridized carbons (Fsp3) is 0.304. The second-order valence-electron chi connectivity index (χ2n) is 8.19. The van der Waals surface area contributed by atoms with Gasteiger partial charge in [-0.05, 0) is 57.0 Å². The third-order valence-corrected chi connectivity index (χ3v) is 6.50. The van der Waals surface area contributed by atoms with Crippen molar-refractivity contribution in [1.82, 2.24) is 24.3 Å². The van der Waals surface area contributed by atoms with Crippen molar-refractivity contribution < 1.29 is 4.79 Å². The Morgan fingerprint density at radius 1 is 1.23 bits per heavy atom. The van der Waals surface area contributed by atoms with Crippen LogP contribution in [0.25, 0.3) is 11.0 Å². The molecule has 1 aliphatic rings. The number of aryl methyl sites for hydroxylation is 1. The first-order valence-corrected chi connectivity index (χ1v) is 11.3. The van der Waals surface area contributed by atoms with Gasteiger partial charge in [0, 0.05) is 47.7 Å². The number of fused-ring (bicyclic) bond motifs is 1. The first-order valence-electron chi connectivity index (χ1n) is 10.4. The molecule has 0 saturated heterocycles. The van der Waals surface area contributed by atoms with Crippen molar-refractivity contribution in [1.29, 1.82) is 0 Å². The molecule has 0 bridgehead atoms. The monoisotopic (exact) mass is 432 g/mol. The number of benzene rings is 1. The number of amides is 1. The van der Waals surface area contributed by atoms with E-state index in [4.69, 9.17) is 4.98 Å². The fourth-order valence-electron chi connectivity index (χ4n) is 3.55. The zero-order valence-corrected chi connectivity index (χ0v) is 18.6. The lowest BCUT2D eigenvalue weighted by molar-refractivity contribution is 0.102. The van der Waals surface area contributed by atoms with E-state index in [0.29, 0.717) is 11.5 Å². The number of rotatable bonds is 6. The van der Waals surface area contributed by atoms with E-state index in [2.05, 4.69) is 29.2 Å². The van der Waals surface area contributed by atoms with Crippen LogP contribution in [0.2, 0.25) is 0 Å². The zero-order chi connectivity index (χ0) is 21.5. The minimum Gasteiger partial charge on any atom is -0.329 e. The maximum absolute atomic E-state index is 13.2. The van der Waals surface area contributed by atoms with E-state index < -0.39 is 0 Å². The highest BCUT2D eigenvalue weighted by Crippen LogP contribution is 2.40. The molecule has 0 spiro atoms. The topological polar surface area (TPSA) is 77.6 Å². The van der Waals surface area contributed by atoms with E-state index in [0.717, 1.165) is 45.3 Å². The van der Waals surface area contributed by atoms with E-state index in [-0.39, 0.29) is 11.9 Å². The molecular formula is C23H24N6OS. The predicted octanol–water partition coefficient (Wildman–Crippen LogP) is 5.03. The van der Waals surface area contributed by atoms with Crippen LogP contribution in [0.5, 0.6) is 0 Å². The number of nitrogens with zero attached hydrogens (tertiary/aromatic N) is 5. The summed E-state index contributed by atoms with van der Waals surface area (Å²) >= 11 is 1.58. The summed E-state index contributed by atoms with van der Waals surface area (Å²) in [6.07, 6.45) is 7.71. The summed E-state index contributed by atoms with van der Waals surface area (Å²) in [7, 11) is 1.97. The number of hydrogen-bond acceptors (Lipinski definition) is 5. The maximum atomic E-state index is 13.2. The van der Waals surface area contributed by atoms with Gasteiger partial charge in [-0.15, -0.1) is 0 Å². The van der Waals surface area contributed by atoms with Gasteiger partial charge in [-0.3, -0.25) is 4.79 Å². The molecule has 8 heteroatoms. The van der Waals surface area contributed by atoms with Crippen molar-refractivity contribution >= 4 is 34.4 Å². The van der Waals surface area contributed by atoms with E-state index in [9.17, 15) is 4.79 Å². The van der Waals surface area contributed by atoms with Gasteiger partial charge in [0.1, 0.15) is 0 Å². The van der Waals surface area contributed by atoms with Crippen LogP contribution in [0, 0.1) is 0 Å². The summed E-state index contributed by atoms with van der Waals surface area (Å²) < 4.78 is 3.87. The summed E-state index contributed by atoms with van der Waals surface area (Å²) in [4.78, 5) is 23.4. The molecule has 1 saturated carbocycles. The van der Waals surface area contributed by atoms with Crippen molar-refractivity contribution in [3.05, 3.63) is 60.2 Å². The normalized spacial score (nSPS) is 13.8. The SMILES string of the molecule is CC(C)n1ncc2c(C(=O)Nc3ccc(Sc4nccn4C)cc3)cc(C3CC3)nc21. The van der Waals surface area contributed by atoms with Gasteiger partial charge in [0.15, 0.2) is 10.8 Å². The molecule has 1 fully saturated rings. The van der Waals surface area contributed by atoms with Gasteiger partial charge in [0.2, 0.25) is 0 Å². The molecule has 0 unspecified atom stereocenters. The number of imidazole rings is 1. The summed E-state index contributed by atoms with van der Waals surface area (Å²) in [5.74, 6) is 0.316. The molecule has 5 rings (SSSR count). The Kier molecular flexibility index (Phi) is 5.02. The molecule has 4 aromatic rings. The van der Waals surface area contributed by atoms with Gasteiger partial charge < -0.3 is 9.88 Å². The van der Waals surface area contributed by atoms with Gasteiger partial charge in [-0.1, -0.05) is 11.8 Å². The lowest BCUT2D eigenvalue weighted by atomic mass is 10.1. The molecule has 3 aromatic heterocycles. The van der Waals surface area contributed by atoms with Gasteiger partial charge in [-0.25, -0.2) is 14.6 Å². The third kappa shape index (κ3) is 3.95. The quantitative estimate of drug-likeness (QED) is 0.463. The fourth-order valence-corrected chi connectivity index (χ4v) is 4.35. The van der Waals surface area contributed by atoms with Gasteiger partial charge in [-0.2, -0.15) is 5.10 Å². The maximum Gasteiger partial charge on any atom is 0.256 e. The van der Waals surface area contributed by atoms with Gasteiger partial charge >= 0.3 is 0 Å². The largest absolute Gasteiger partial charge is 0.329 e. The Morgan fingerprint density at radius 2 is 2.00 bits per heavy atom. The highest BCUT2D eigenvalue weighted by atomic mass is 32.2. The molecule has 1 aliphatic carbocycles. The number of nitrogens with one attached hydrogen (secondary N) is 1. The Bertz CT molecular complexity index is 1250. The van der Waals surface area contributed by atoms with Crippen molar-refractivity contribution in [2.24, 2.45) is 7.05 Å². The molecule has 1 amide bonds. The number of anilines is 1. The van der Waals surface area contributed by atoms with Crippen LogP contribution in [0.1, 0.15) is 54.7 Å². The van der Waals surface area contributed by atoms with Crippen LogP contribution in [0.4, 0.5) is 5.69 Å². The summed E-state index contributed by atoms with van der Waals surface area (Å²) in [6.45, 7) is 4.14. The average Bonchev–Trinajstić information content (AvgIpc) is 3.40.